The molecule has 166 valence electrons. The highest BCUT2D eigenvalue weighted by molar-refractivity contribution is 6.09. The average molecular weight is 444 g/mol. The zero-order chi connectivity index (χ0) is 23.0. The van der Waals surface area contributed by atoms with Crippen molar-refractivity contribution in [1.29, 1.82) is 0 Å². The lowest BCUT2D eigenvalue weighted by Crippen LogP contribution is -2.36. The Kier molecular flexibility index (Phi) is 5.62. The summed E-state index contributed by atoms with van der Waals surface area (Å²) >= 11 is 0. The highest BCUT2D eigenvalue weighted by atomic mass is 19.4. The first-order valence-corrected chi connectivity index (χ1v) is 10.1. The highest BCUT2D eigenvalue weighted by Crippen LogP contribution is 2.46. The Morgan fingerprint density at radius 1 is 1.06 bits per heavy atom. The molecule has 2 N–H and O–H groups in total. The van der Waals surface area contributed by atoms with Crippen LogP contribution in [0.5, 0.6) is 0 Å². The molecule has 0 spiro atoms. The Hall–Kier alpha value is -3.42. The molecular formula is C24H20F4N2O2. The minimum atomic E-state index is -4.66. The molecule has 2 aromatic carbocycles. The lowest BCUT2D eigenvalue weighted by atomic mass is 9.73. The van der Waals surface area contributed by atoms with Crippen LogP contribution in [-0.2, 0) is 15.8 Å². The van der Waals surface area contributed by atoms with E-state index in [4.69, 9.17) is 0 Å². The van der Waals surface area contributed by atoms with E-state index in [1.54, 1.807) is 6.92 Å². The predicted octanol–water partition coefficient (Wildman–Crippen LogP) is 5.45. The van der Waals surface area contributed by atoms with Crippen LogP contribution in [0, 0.1) is 5.82 Å². The number of anilines is 1. The molecule has 0 saturated carbocycles. The fourth-order valence-electron chi connectivity index (χ4n) is 4.33. The number of halogens is 4. The number of Topliss-reactive ketones (excluding diaryl/α,β-unsaturated/α-hetero) is 1. The van der Waals surface area contributed by atoms with Crippen molar-refractivity contribution in [2.75, 3.05) is 5.32 Å². The van der Waals surface area contributed by atoms with Gasteiger partial charge in [0.25, 0.3) is 5.91 Å². The molecule has 1 amide bonds. The monoisotopic (exact) mass is 444 g/mol. The number of rotatable bonds is 3. The van der Waals surface area contributed by atoms with E-state index in [1.165, 1.54) is 30.3 Å². The van der Waals surface area contributed by atoms with Gasteiger partial charge in [-0.15, -0.1) is 0 Å². The van der Waals surface area contributed by atoms with Crippen molar-refractivity contribution in [2.24, 2.45) is 0 Å². The van der Waals surface area contributed by atoms with Gasteiger partial charge in [-0.2, -0.15) is 13.2 Å². The van der Waals surface area contributed by atoms with Crippen molar-refractivity contribution in [1.82, 2.24) is 5.32 Å². The van der Waals surface area contributed by atoms with Crippen molar-refractivity contribution >= 4 is 17.4 Å². The van der Waals surface area contributed by atoms with Gasteiger partial charge in [0.05, 0.1) is 5.56 Å². The SMILES string of the molecule is CC1=C(C(=O)Nc2ccc(F)cc2)C(c2ccccc2C(F)(F)F)C2=C(CCCC2=O)N1. The molecule has 4 rings (SSSR count). The van der Waals surface area contributed by atoms with Gasteiger partial charge in [0.15, 0.2) is 5.78 Å². The summed E-state index contributed by atoms with van der Waals surface area (Å²) in [5, 5.41) is 5.69. The number of carbonyl (C=O) groups excluding carboxylic acids is 2. The number of carbonyl (C=O) groups is 2. The average Bonchev–Trinajstić information content (AvgIpc) is 2.74. The number of dihydropyridines is 1. The Morgan fingerprint density at radius 2 is 1.75 bits per heavy atom. The van der Waals surface area contributed by atoms with Gasteiger partial charge in [-0.05, 0) is 55.7 Å². The van der Waals surface area contributed by atoms with Crippen LogP contribution in [-0.4, -0.2) is 11.7 Å². The molecular weight excluding hydrogens is 424 g/mol. The van der Waals surface area contributed by atoms with E-state index in [0.717, 1.165) is 18.2 Å². The van der Waals surface area contributed by atoms with Crippen LogP contribution in [0.25, 0.3) is 0 Å². The van der Waals surface area contributed by atoms with E-state index in [1.807, 2.05) is 0 Å². The molecule has 0 fully saturated rings. The van der Waals surface area contributed by atoms with E-state index >= 15 is 0 Å². The molecule has 8 heteroatoms. The fraction of sp³-hybridized carbons (Fsp3) is 0.250. The Labute approximate surface area is 182 Å². The summed E-state index contributed by atoms with van der Waals surface area (Å²) in [7, 11) is 0. The van der Waals surface area contributed by atoms with Crippen molar-refractivity contribution in [3.05, 3.63) is 88.0 Å². The van der Waals surface area contributed by atoms with Gasteiger partial charge in [0.2, 0.25) is 0 Å². The summed E-state index contributed by atoms with van der Waals surface area (Å²) in [6.07, 6.45) is -3.36. The molecule has 0 saturated heterocycles. The first-order chi connectivity index (χ1) is 15.2. The van der Waals surface area contributed by atoms with Gasteiger partial charge in [-0.3, -0.25) is 9.59 Å². The smallest absolute Gasteiger partial charge is 0.362 e. The number of allylic oxidation sites excluding steroid dienone is 3. The van der Waals surface area contributed by atoms with E-state index in [2.05, 4.69) is 10.6 Å². The molecule has 4 nitrogen and oxygen atoms in total. The largest absolute Gasteiger partial charge is 0.416 e. The molecule has 0 bridgehead atoms. The second-order valence-electron chi connectivity index (χ2n) is 7.81. The first-order valence-electron chi connectivity index (χ1n) is 10.1. The summed E-state index contributed by atoms with van der Waals surface area (Å²) in [6.45, 7) is 1.60. The molecule has 1 heterocycles. The van der Waals surface area contributed by atoms with Gasteiger partial charge in [-0.25, -0.2) is 4.39 Å². The normalized spacial score (nSPS) is 18.9. The third kappa shape index (κ3) is 4.04. The standard InChI is InChI=1S/C24H20F4N2O2/c1-13-20(23(32)30-15-11-9-14(25)10-12-15)21(22-18(29-13)7-4-8-19(22)31)16-5-2-3-6-17(16)24(26,27)28/h2-3,5-6,9-12,21,29H,4,7-8H2,1H3,(H,30,32). The van der Waals surface area contributed by atoms with Crippen molar-refractivity contribution < 1.29 is 27.2 Å². The number of alkyl halides is 3. The third-order valence-electron chi connectivity index (χ3n) is 5.70. The van der Waals surface area contributed by atoms with Crippen LogP contribution in [0.4, 0.5) is 23.2 Å². The van der Waals surface area contributed by atoms with Crippen LogP contribution in [0.3, 0.4) is 0 Å². The van der Waals surface area contributed by atoms with Gasteiger partial charge in [0.1, 0.15) is 5.82 Å². The van der Waals surface area contributed by atoms with E-state index in [0.29, 0.717) is 24.2 Å². The molecule has 1 aliphatic heterocycles. The third-order valence-corrected chi connectivity index (χ3v) is 5.70. The summed E-state index contributed by atoms with van der Waals surface area (Å²) < 4.78 is 54.8. The maximum atomic E-state index is 13.9. The summed E-state index contributed by atoms with van der Waals surface area (Å²) in [4.78, 5) is 26.1. The summed E-state index contributed by atoms with van der Waals surface area (Å²) in [6, 6.07) is 10.0. The molecule has 32 heavy (non-hydrogen) atoms. The topological polar surface area (TPSA) is 58.2 Å². The highest BCUT2D eigenvalue weighted by Gasteiger charge is 2.43. The minimum absolute atomic E-state index is 0.0278. The Bertz CT molecular complexity index is 1150. The number of ketones is 1. The lowest BCUT2D eigenvalue weighted by Gasteiger charge is -2.35. The predicted molar refractivity (Wildman–Crippen MR) is 111 cm³/mol. The van der Waals surface area contributed by atoms with E-state index in [-0.39, 0.29) is 34.6 Å². The molecule has 0 radical (unpaired) electrons. The van der Waals surface area contributed by atoms with Gasteiger partial charge in [-0.1, -0.05) is 18.2 Å². The molecule has 1 unspecified atom stereocenters. The molecule has 0 aromatic heterocycles. The number of nitrogens with one attached hydrogen (secondary N) is 2. The van der Waals surface area contributed by atoms with Crippen molar-refractivity contribution in [3.8, 4) is 0 Å². The number of hydrogen-bond donors (Lipinski definition) is 2. The quantitative estimate of drug-likeness (QED) is 0.619. The zero-order valence-electron chi connectivity index (χ0n) is 17.1. The lowest BCUT2D eigenvalue weighted by molar-refractivity contribution is -0.138. The minimum Gasteiger partial charge on any atom is -0.362 e. The Morgan fingerprint density at radius 3 is 2.44 bits per heavy atom. The molecule has 2 aliphatic rings. The first kappa shape index (κ1) is 21.8. The van der Waals surface area contributed by atoms with Crippen molar-refractivity contribution in [3.63, 3.8) is 0 Å². The zero-order valence-corrected chi connectivity index (χ0v) is 17.1. The van der Waals surface area contributed by atoms with Crippen molar-refractivity contribution in [2.45, 2.75) is 38.3 Å². The number of amides is 1. The Balaban J connectivity index is 1.86. The van der Waals surface area contributed by atoms with Crippen LogP contribution < -0.4 is 10.6 Å². The second kappa shape index (κ2) is 8.26. The van der Waals surface area contributed by atoms with Crippen LogP contribution in [0.2, 0.25) is 0 Å². The van der Waals surface area contributed by atoms with E-state index < -0.39 is 29.4 Å². The van der Waals surface area contributed by atoms with Gasteiger partial charge >= 0.3 is 6.18 Å². The second-order valence-corrected chi connectivity index (χ2v) is 7.81. The van der Waals surface area contributed by atoms with E-state index in [9.17, 15) is 27.2 Å². The fourth-order valence-corrected chi connectivity index (χ4v) is 4.33. The summed E-state index contributed by atoms with van der Waals surface area (Å²) in [5.41, 5.74) is 0.404. The van der Waals surface area contributed by atoms with Gasteiger partial charge in [0, 0.05) is 40.6 Å². The molecule has 2 aromatic rings. The maximum Gasteiger partial charge on any atom is 0.416 e. The van der Waals surface area contributed by atoms with Crippen LogP contribution >= 0.6 is 0 Å². The van der Waals surface area contributed by atoms with Crippen LogP contribution in [0.1, 0.15) is 43.2 Å². The number of benzene rings is 2. The van der Waals surface area contributed by atoms with Crippen LogP contribution in [0.15, 0.2) is 71.1 Å². The van der Waals surface area contributed by atoms with Gasteiger partial charge < -0.3 is 10.6 Å². The summed E-state index contributed by atoms with van der Waals surface area (Å²) in [5.74, 6) is -2.59. The maximum absolute atomic E-state index is 13.9. The molecule has 1 atom stereocenters. The number of hydrogen-bond acceptors (Lipinski definition) is 3. The molecule has 1 aliphatic carbocycles.